The van der Waals surface area contributed by atoms with Crippen LogP contribution in [0.25, 0.3) is 0 Å². The summed E-state index contributed by atoms with van der Waals surface area (Å²) >= 11 is 0. The molecular weight excluding hydrogens is 240 g/mol. The third-order valence-corrected chi connectivity index (χ3v) is 8.14. The Kier molecular flexibility index (Phi) is 7.12. The molecule has 0 rings (SSSR count). The Morgan fingerprint density at radius 3 is 1.72 bits per heavy atom. The van der Waals surface area contributed by atoms with Gasteiger partial charge in [0.25, 0.3) is 0 Å². The van der Waals surface area contributed by atoms with Crippen LogP contribution in [-0.2, 0) is 0 Å². The molecule has 0 aliphatic carbocycles. The second-order valence-corrected chi connectivity index (χ2v) is 12.1. The van der Waals surface area contributed by atoms with Crippen LogP contribution in [0.3, 0.4) is 0 Å². The Hall–Kier alpha value is 0.137. The van der Waals surface area contributed by atoms with E-state index in [1.807, 2.05) is 13.1 Å². The van der Waals surface area contributed by atoms with E-state index in [0.29, 0.717) is 12.0 Å². The predicted molar refractivity (Wildman–Crippen MR) is 82.3 cm³/mol. The number of hydrogen-bond acceptors (Lipinski definition) is 2. The van der Waals surface area contributed by atoms with Gasteiger partial charge in [-0.1, -0.05) is 40.5 Å². The Morgan fingerprint density at radius 2 is 1.28 bits per heavy atom. The van der Waals surface area contributed by atoms with E-state index in [-0.39, 0.29) is 5.04 Å². The molecule has 0 bridgehead atoms. The van der Waals surface area contributed by atoms with E-state index in [4.69, 9.17) is 5.11 Å². The summed E-state index contributed by atoms with van der Waals surface area (Å²) in [4.78, 5) is 10.2. The first-order valence-electron chi connectivity index (χ1n) is 7.35. The highest BCUT2D eigenvalue weighted by atomic mass is 28.4. The zero-order chi connectivity index (χ0) is 14.4. The first-order chi connectivity index (χ1) is 8.02. The molecule has 0 saturated heterocycles. The van der Waals surface area contributed by atoms with Crippen molar-refractivity contribution in [1.29, 1.82) is 0 Å². The Labute approximate surface area is 115 Å². The van der Waals surface area contributed by atoms with Crippen LogP contribution in [0.15, 0.2) is 0 Å². The lowest BCUT2D eigenvalue weighted by Gasteiger charge is -2.35. The van der Waals surface area contributed by atoms with E-state index in [0.717, 1.165) is 19.3 Å². The van der Waals surface area contributed by atoms with Crippen molar-refractivity contribution >= 4 is 8.32 Å². The van der Waals surface area contributed by atoms with Crippen LogP contribution in [0.4, 0.5) is 0 Å². The van der Waals surface area contributed by atoms with E-state index in [2.05, 4.69) is 27.7 Å². The topological polar surface area (TPSA) is 40.5 Å². The summed E-state index contributed by atoms with van der Waals surface area (Å²) in [7, 11) is -2.03. The lowest BCUT2D eigenvalue weighted by molar-refractivity contribution is 0.227. The number of rotatable bonds is 9. The van der Waals surface area contributed by atoms with E-state index < -0.39 is 8.32 Å². The predicted octanol–water partition coefficient (Wildman–Crippen LogP) is 4.32. The number of aliphatic hydroxyl groups excluding tert-OH is 1. The molecule has 0 radical (unpaired) electrons. The van der Waals surface area contributed by atoms with Crippen molar-refractivity contribution in [3.8, 4) is 0 Å². The third kappa shape index (κ3) is 6.91. The van der Waals surface area contributed by atoms with Crippen molar-refractivity contribution < 1.29 is 9.90 Å². The second kappa shape index (κ2) is 7.06. The van der Waals surface area contributed by atoms with Crippen molar-refractivity contribution in [2.24, 2.45) is 5.41 Å². The first kappa shape index (κ1) is 18.1. The van der Waals surface area contributed by atoms with Crippen LogP contribution in [0.5, 0.6) is 0 Å². The molecule has 0 spiro atoms. The molecule has 0 aliphatic heterocycles. The summed E-state index contributed by atoms with van der Waals surface area (Å²) in [6.45, 7) is 13.4. The SMILES string of the molecule is CC(C)(CCCO)CCCCC(C)(C)[Si](C)(C)O. The van der Waals surface area contributed by atoms with Gasteiger partial charge in [-0.2, -0.15) is 0 Å². The van der Waals surface area contributed by atoms with Gasteiger partial charge in [-0.25, -0.2) is 0 Å². The molecule has 0 unspecified atom stereocenters. The van der Waals surface area contributed by atoms with E-state index in [1.165, 1.54) is 19.3 Å². The van der Waals surface area contributed by atoms with Gasteiger partial charge in [-0.3, -0.25) is 0 Å². The summed E-state index contributed by atoms with van der Waals surface area (Å²) in [6.07, 6.45) is 6.79. The summed E-state index contributed by atoms with van der Waals surface area (Å²) in [5, 5.41) is 8.99. The van der Waals surface area contributed by atoms with Gasteiger partial charge in [0.2, 0.25) is 0 Å². The molecule has 3 heteroatoms. The molecule has 0 atom stereocenters. The Morgan fingerprint density at radius 1 is 0.833 bits per heavy atom. The van der Waals surface area contributed by atoms with Crippen molar-refractivity contribution in [2.75, 3.05) is 6.61 Å². The maximum atomic E-state index is 10.2. The number of hydrogen-bond donors (Lipinski definition) is 2. The molecule has 0 fully saturated rings. The van der Waals surface area contributed by atoms with Crippen LogP contribution in [-0.4, -0.2) is 24.8 Å². The van der Waals surface area contributed by atoms with Crippen molar-refractivity contribution in [3.05, 3.63) is 0 Å². The van der Waals surface area contributed by atoms with Crippen LogP contribution in [0, 0.1) is 5.41 Å². The zero-order valence-electron chi connectivity index (χ0n) is 13.3. The quantitative estimate of drug-likeness (QED) is 0.485. The Balaban J connectivity index is 3.93. The lowest BCUT2D eigenvalue weighted by Crippen LogP contribution is -2.38. The van der Waals surface area contributed by atoms with E-state index in [9.17, 15) is 4.80 Å². The first-order valence-corrected chi connectivity index (χ1v) is 10.3. The molecule has 0 amide bonds. The average molecular weight is 275 g/mol. The molecule has 2 N–H and O–H groups in total. The van der Waals surface area contributed by atoms with Gasteiger partial charge in [0.1, 0.15) is 0 Å². The molecule has 0 aliphatic rings. The van der Waals surface area contributed by atoms with Gasteiger partial charge in [0.05, 0.1) is 0 Å². The molecular formula is C15H34O2Si. The van der Waals surface area contributed by atoms with Crippen molar-refractivity contribution in [3.63, 3.8) is 0 Å². The molecule has 0 aromatic carbocycles. The second-order valence-electron chi connectivity index (χ2n) is 7.64. The fourth-order valence-electron chi connectivity index (χ4n) is 2.16. The maximum absolute atomic E-state index is 10.2. The minimum Gasteiger partial charge on any atom is -0.432 e. The monoisotopic (exact) mass is 274 g/mol. The van der Waals surface area contributed by atoms with Gasteiger partial charge in [0, 0.05) is 6.61 Å². The number of unbranched alkanes of at least 4 members (excludes halogenated alkanes) is 1. The van der Waals surface area contributed by atoms with E-state index >= 15 is 0 Å². The summed E-state index contributed by atoms with van der Waals surface area (Å²) in [6, 6.07) is 0. The summed E-state index contributed by atoms with van der Waals surface area (Å²) in [5.41, 5.74) is 0.346. The van der Waals surface area contributed by atoms with Gasteiger partial charge < -0.3 is 9.90 Å². The molecule has 18 heavy (non-hydrogen) atoms. The van der Waals surface area contributed by atoms with Crippen molar-refractivity contribution in [1.82, 2.24) is 0 Å². The highest BCUT2D eigenvalue weighted by molar-refractivity contribution is 6.72. The van der Waals surface area contributed by atoms with Crippen LogP contribution in [0.2, 0.25) is 18.1 Å². The fraction of sp³-hybridized carbons (Fsp3) is 1.00. The standard InChI is InChI=1S/C15H34O2Si/c1-14(2,11-9-13-16)10-7-8-12-15(3,4)18(5,6)17/h16-17H,7-13H2,1-6H3. The molecule has 2 nitrogen and oxygen atoms in total. The zero-order valence-corrected chi connectivity index (χ0v) is 14.3. The Bertz CT molecular complexity index is 229. The molecule has 0 aromatic rings. The molecule has 0 aromatic heterocycles. The molecule has 0 saturated carbocycles. The largest absolute Gasteiger partial charge is 0.432 e. The van der Waals surface area contributed by atoms with Gasteiger partial charge in [-0.15, -0.1) is 0 Å². The smallest absolute Gasteiger partial charge is 0.188 e. The van der Waals surface area contributed by atoms with Gasteiger partial charge >= 0.3 is 0 Å². The molecule has 0 heterocycles. The van der Waals surface area contributed by atoms with Crippen LogP contribution >= 0.6 is 0 Å². The maximum Gasteiger partial charge on any atom is 0.188 e. The highest BCUT2D eigenvalue weighted by Gasteiger charge is 2.37. The van der Waals surface area contributed by atoms with Gasteiger partial charge in [-0.05, 0) is 49.2 Å². The minimum absolute atomic E-state index is 0.113. The average Bonchev–Trinajstić information content (AvgIpc) is 2.20. The summed E-state index contributed by atoms with van der Waals surface area (Å²) < 4.78 is 0. The highest BCUT2D eigenvalue weighted by Crippen LogP contribution is 2.41. The summed E-state index contributed by atoms with van der Waals surface area (Å²) in [5.74, 6) is 0. The van der Waals surface area contributed by atoms with Crippen molar-refractivity contribution in [2.45, 2.75) is 84.4 Å². The van der Waals surface area contributed by atoms with Crippen LogP contribution in [0.1, 0.15) is 66.2 Å². The molecule has 110 valence electrons. The normalized spacial score (nSPS) is 14.0. The van der Waals surface area contributed by atoms with E-state index in [1.54, 1.807) is 0 Å². The van der Waals surface area contributed by atoms with Gasteiger partial charge in [0.15, 0.2) is 8.32 Å². The minimum atomic E-state index is -2.03. The fourth-order valence-corrected chi connectivity index (χ4v) is 2.95. The lowest BCUT2D eigenvalue weighted by atomic mass is 9.82. The third-order valence-electron chi connectivity index (χ3n) is 4.57. The van der Waals surface area contributed by atoms with Crippen LogP contribution < -0.4 is 0 Å². The number of aliphatic hydroxyl groups is 1.